The number of nitrogens with zero attached hydrogens (tertiary/aromatic N) is 1. The fourth-order valence-electron chi connectivity index (χ4n) is 2.96. The van der Waals surface area contributed by atoms with Crippen LogP contribution in [0.25, 0.3) is 0 Å². The quantitative estimate of drug-likeness (QED) is 0.427. The molecule has 0 bridgehead atoms. The Bertz CT molecular complexity index is 1200. The third kappa shape index (κ3) is 7.13. The minimum absolute atomic E-state index is 0.199. The van der Waals surface area contributed by atoms with Gasteiger partial charge in [0.05, 0.1) is 18.5 Å². The van der Waals surface area contributed by atoms with Gasteiger partial charge in [0.1, 0.15) is 24.7 Å². The highest BCUT2D eigenvalue weighted by atomic mass is 35.5. The first-order valence-corrected chi connectivity index (χ1v) is 12.4. The summed E-state index contributed by atoms with van der Waals surface area (Å²) < 4.78 is 37.5. The number of anilines is 1. The molecule has 0 aliphatic carbocycles. The Kier molecular flexibility index (Phi) is 8.19. The van der Waals surface area contributed by atoms with Gasteiger partial charge in [0, 0.05) is 5.02 Å². The first-order chi connectivity index (χ1) is 15.7. The van der Waals surface area contributed by atoms with Crippen molar-refractivity contribution in [3.63, 3.8) is 0 Å². The summed E-state index contributed by atoms with van der Waals surface area (Å²) in [6.07, 6.45) is 1.05. The number of ether oxygens (including phenoxy) is 2. The number of hydrogen-bond acceptors (Lipinski definition) is 5. The van der Waals surface area contributed by atoms with Gasteiger partial charge in [-0.2, -0.15) is 0 Å². The molecule has 7 nitrogen and oxygen atoms in total. The summed E-state index contributed by atoms with van der Waals surface area (Å²) in [6.45, 7) is 1.90. The van der Waals surface area contributed by atoms with Crippen molar-refractivity contribution in [1.82, 2.24) is 5.32 Å². The first-order valence-electron chi connectivity index (χ1n) is 10.2. The number of amides is 1. The van der Waals surface area contributed by atoms with Crippen LogP contribution in [0.15, 0.2) is 72.8 Å². The highest BCUT2D eigenvalue weighted by Crippen LogP contribution is 2.33. The maximum atomic E-state index is 12.5. The summed E-state index contributed by atoms with van der Waals surface area (Å²) >= 11 is 6.08. The van der Waals surface area contributed by atoms with E-state index in [1.54, 1.807) is 48.5 Å². The van der Waals surface area contributed by atoms with E-state index in [1.807, 2.05) is 31.2 Å². The second-order valence-electron chi connectivity index (χ2n) is 7.26. The predicted octanol–water partition coefficient (Wildman–Crippen LogP) is 4.40. The lowest BCUT2D eigenvalue weighted by Crippen LogP contribution is -2.41. The van der Waals surface area contributed by atoms with Crippen LogP contribution in [0.4, 0.5) is 5.69 Å². The summed E-state index contributed by atoms with van der Waals surface area (Å²) in [4.78, 5) is 12.5. The molecule has 1 amide bonds. The third-order valence-electron chi connectivity index (χ3n) is 4.63. The molecule has 3 aromatic rings. The van der Waals surface area contributed by atoms with Crippen LogP contribution in [-0.4, -0.2) is 40.3 Å². The standard InChI is InChI=1S/C24H25ClN2O5S/c1-18-12-13-20(16-21(18)25)31-15-14-26-24(28)17-27(33(2,29)30)22-10-6-7-11-23(22)32-19-8-4-3-5-9-19/h3-13,16H,14-15,17H2,1-2H3,(H,26,28). The van der Waals surface area contributed by atoms with E-state index in [1.165, 1.54) is 0 Å². The van der Waals surface area contributed by atoms with Crippen molar-refractivity contribution in [1.29, 1.82) is 0 Å². The molecule has 1 N–H and O–H groups in total. The number of sulfonamides is 1. The predicted molar refractivity (Wildman–Crippen MR) is 130 cm³/mol. The van der Waals surface area contributed by atoms with Gasteiger partial charge in [-0.05, 0) is 48.9 Å². The van der Waals surface area contributed by atoms with Gasteiger partial charge in [0.2, 0.25) is 15.9 Å². The lowest BCUT2D eigenvalue weighted by molar-refractivity contribution is -0.119. The van der Waals surface area contributed by atoms with E-state index in [9.17, 15) is 13.2 Å². The molecule has 0 aliphatic heterocycles. The molecule has 33 heavy (non-hydrogen) atoms. The van der Waals surface area contributed by atoms with Crippen molar-refractivity contribution in [2.45, 2.75) is 6.92 Å². The number of carbonyl (C=O) groups excluding carboxylic acids is 1. The number of rotatable bonds is 10. The minimum atomic E-state index is -3.76. The molecule has 0 aliphatic rings. The average molecular weight is 489 g/mol. The molecule has 9 heteroatoms. The van der Waals surface area contributed by atoms with Crippen LogP contribution in [0.5, 0.6) is 17.2 Å². The van der Waals surface area contributed by atoms with E-state index in [0.29, 0.717) is 22.3 Å². The second-order valence-corrected chi connectivity index (χ2v) is 9.58. The van der Waals surface area contributed by atoms with Gasteiger partial charge >= 0.3 is 0 Å². The fraction of sp³-hybridized carbons (Fsp3) is 0.208. The SMILES string of the molecule is Cc1ccc(OCCNC(=O)CN(c2ccccc2Oc2ccccc2)S(C)(=O)=O)cc1Cl. The fourth-order valence-corrected chi connectivity index (χ4v) is 3.99. The zero-order valence-electron chi connectivity index (χ0n) is 18.3. The number of para-hydroxylation sites is 3. The Morgan fingerprint density at radius 2 is 1.70 bits per heavy atom. The molecule has 0 unspecified atom stereocenters. The van der Waals surface area contributed by atoms with Gasteiger partial charge < -0.3 is 14.8 Å². The molecule has 0 fully saturated rings. The highest BCUT2D eigenvalue weighted by Gasteiger charge is 2.24. The Morgan fingerprint density at radius 1 is 1.00 bits per heavy atom. The van der Waals surface area contributed by atoms with Crippen LogP contribution in [-0.2, 0) is 14.8 Å². The maximum Gasteiger partial charge on any atom is 0.240 e. The molecule has 0 saturated carbocycles. The number of halogens is 1. The minimum Gasteiger partial charge on any atom is -0.492 e. The van der Waals surface area contributed by atoms with E-state index in [-0.39, 0.29) is 18.8 Å². The van der Waals surface area contributed by atoms with Gasteiger partial charge in [-0.25, -0.2) is 8.42 Å². The number of nitrogens with one attached hydrogen (secondary N) is 1. The number of hydrogen-bond donors (Lipinski definition) is 1. The molecule has 174 valence electrons. The van der Waals surface area contributed by atoms with Crippen molar-refractivity contribution in [2.75, 3.05) is 30.3 Å². The van der Waals surface area contributed by atoms with E-state index in [0.717, 1.165) is 16.1 Å². The molecule has 0 radical (unpaired) electrons. The van der Waals surface area contributed by atoms with Crippen molar-refractivity contribution in [2.24, 2.45) is 0 Å². The van der Waals surface area contributed by atoms with E-state index >= 15 is 0 Å². The topological polar surface area (TPSA) is 84.9 Å². The number of carbonyl (C=O) groups is 1. The largest absolute Gasteiger partial charge is 0.492 e. The lowest BCUT2D eigenvalue weighted by atomic mass is 10.2. The summed E-state index contributed by atoms with van der Waals surface area (Å²) in [5, 5.41) is 3.27. The summed E-state index contributed by atoms with van der Waals surface area (Å²) in [6, 6.07) is 21.0. The highest BCUT2D eigenvalue weighted by molar-refractivity contribution is 7.92. The van der Waals surface area contributed by atoms with E-state index < -0.39 is 22.5 Å². The summed E-state index contributed by atoms with van der Waals surface area (Å²) in [7, 11) is -3.76. The first kappa shape index (κ1) is 24.4. The van der Waals surface area contributed by atoms with Gasteiger partial charge in [-0.3, -0.25) is 9.10 Å². The Balaban J connectivity index is 1.64. The van der Waals surface area contributed by atoms with E-state index in [2.05, 4.69) is 5.32 Å². The maximum absolute atomic E-state index is 12.5. The zero-order chi connectivity index (χ0) is 23.8. The van der Waals surface area contributed by atoms with Crippen LogP contribution in [0.2, 0.25) is 5.02 Å². The monoisotopic (exact) mass is 488 g/mol. The molecule has 0 spiro atoms. The van der Waals surface area contributed by atoms with Crippen molar-refractivity contribution < 1.29 is 22.7 Å². The zero-order valence-corrected chi connectivity index (χ0v) is 19.9. The second kappa shape index (κ2) is 11.1. The van der Waals surface area contributed by atoms with Crippen molar-refractivity contribution in [3.8, 4) is 17.2 Å². The number of aryl methyl sites for hydroxylation is 1. The van der Waals surface area contributed by atoms with Gasteiger partial charge in [-0.15, -0.1) is 0 Å². The Morgan fingerprint density at radius 3 is 2.39 bits per heavy atom. The molecule has 0 aromatic heterocycles. The third-order valence-corrected chi connectivity index (χ3v) is 6.16. The molecule has 0 atom stereocenters. The van der Waals surface area contributed by atoms with Crippen LogP contribution in [0.1, 0.15) is 5.56 Å². The average Bonchev–Trinajstić information content (AvgIpc) is 2.78. The van der Waals surface area contributed by atoms with Crippen LogP contribution < -0.4 is 19.1 Å². The van der Waals surface area contributed by atoms with Crippen LogP contribution >= 0.6 is 11.6 Å². The lowest BCUT2D eigenvalue weighted by Gasteiger charge is -2.24. The number of benzene rings is 3. The smallest absolute Gasteiger partial charge is 0.240 e. The summed E-state index contributed by atoms with van der Waals surface area (Å²) in [5.74, 6) is 0.989. The van der Waals surface area contributed by atoms with Gasteiger partial charge in [0.25, 0.3) is 0 Å². The van der Waals surface area contributed by atoms with Crippen LogP contribution in [0, 0.1) is 6.92 Å². The Hall–Kier alpha value is -3.23. The van der Waals surface area contributed by atoms with Crippen molar-refractivity contribution in [3.05, 3.63) is 83.4 Å². The van der Waals surface area contributed by atoms with E-state index in [4.69, 9.17) is 21.1 Å². The Labute approximate surface area is 198 Å². The molecular formula is C24H25ClN2O5S. The molecular weight excluding hydrogens is 464 g/mol. The molecule has 0 heterocycles. The normalized spacial score (nSPS) is 11.0. The molecule has 3 aromatic carbocycles. The van der Waals surface area contributed by atoms with Gasteiger partial charge in [-0.1, -0.05) is 48.0 Å². The molecule has 0 saturated heterocycles. The van der Waals surface area contributed by atoms with Crippen LogP contribution in [0.3, 0.4) is 0 Å². The van der Waals surface area contributed by atoms with Gasteiger partial charge in [0.15, 0.2) is 5.75 Å². The molecule has 3 rings (SSSR count). The summed E-state index contributed by atoms with van der Waals surface area (Å²) in [5.41, 5.74) is 1.21. The van der Waals surface area contributed by atoms with Crippen molar-refractivity contribution >= 4 is 33.2 Å².